The predicted molar refractivity (Wildman–Crippen MR) is 182 cm³/mol. The molecule has 43 heavy (non-hydrogen) atoms. The van der Waals surface area contributed by atoms with Crippen LogP contribution in [0.5, 0.6) is 0 Å². The molecule has 8 rings (SSSR count). The van der Waals surface area contributed by atoms with E-state index in [1.165, 1.54) is 6.42 Å². The Hall–Kier alpha value is 0. The van der Waals surface area contributed by atoms with Crippen molar-refractivity contribution in [2.75, 3.05) is 0 Å². The fourth-order valence-corrected chi connectivity index (χ4v) is 19.8. The summed E-state index contributed by atoms with van der Waals surface area (Å²) in [6, 6.07) is 0. The van der Waals surface area contributed by atoms with E-state index in [2.05, 4.69) is 125 Å². The molecule has 0 heteroatoms. The van der Waals surface area contributed by atoms with E-state index in [-0.39, 0.29) is 0 Å². The minimum absolute atomic E-state index is 0.308. The van der Waals surface area contributed by atoms with Crippen LogP contribution in [-0.2, 0) is 0 Å². The molecule has 8 saturated carbocycles. The van der Waals surface area contributed by atoms with Crippen molar-refractivity contribution in [1.82, 2.24) is 0 Å². The van der Waals surface area contributed by atoms with Crippen molar-refractivity contribution in [1.29, 1.82) is 0 Å². The van der Waals surface area contributed by atoms with E-state index in [0.29, 0.717) is 43.3 Å². The highest BCUT2D eigenvalue weighted by atomic mass is 15.1. The molecule has 0 aromatic heterocycles. The van der Waals surface area contributed by atoms with Crippen LogP contribution >= 0.6 is 0 Å². The van der Waals surface area contributed by atoms with Gasteiger partial charge in [-0.25, -0.2) is 0 Å². The normalized spacial score (nSPS) is 75.5. The summed E-state index contributed by atoms with van der Waals surface area (Å²) in [7, 11) is 0. The Morgan fingerprint density at radius 3 is 1.16 bits per heavy atom. The summed E-state index contributed by atoms with van der Waals surface area (Å²) in [5, 5.41) is 0. The lowest BCUT2D eigenvalue weighted by Crippen LogP contribution is -3.06. The standard InChI is InChI=1S/C43H72/c1-20-19-29-31-33-35-34-32-30-27(8)25(6)23(4)21(2)22(3)24(5)26(7)28(9)36(10,11)38(30,13)40(32,15)42(34,17)43(35,18)41(33,16)39(31,14)37(20,29)12/h20-35H,19H2,1-18H3. The fourth-order valence-electron chi connectivity index (χ4n) is 19.8. The molecular formula is C43H72. The molecule has 0 nitrogen and oxygen atoms in total. The second kappa shape index (κ2) is 7.50. The average Bonchev–Trinajstić information content (AvgIpc) is 2.98. The van der Waals surface area contributed by atoms with E-state index < -0.39 is 0 Å². The summed E-state index contributed by atoms with van der Waals surface area (Å²) >= 11 is 0. The van der Waals surface area contributed by atoms with Crippen molar-refractivity contribution >= 4 is 0 Å². The molecule has 0 amide bonds. The molecule has 23 unspecified atom stereocenters. The number of hydrogen-bond acceptors (Lipinski definition) is 0. The average molecular weight is 589 g/mol. The van der Waals surface area contributed by atoms with Crippen LogP contribution in [0.2, 0.25) is 0 Å². The van der Waals surface area contributed by atoms with Crippen molar-refractivity contribution in [2.24, 2.45) is 138 Å². The first-order chi connectivity index (χ1) is 19.5. The molecule has 23 atom stereocenters. The van der Waals surface area contributed by atoms with Crippen molar-refractivity contribution < 1.29 is 0 Å². The molecule has 0 aliphatic heterocycles. The minimum atomic E-state index is 0.308. The monoisotopic (exact) mass is 589 g/mol. The molecular weight excluding hydrogens is 516 g/mol. The quantitative estimate of drug-likeness (QED) is 0.247. The maximum absolute atomic E-state index is 2.90. The summed E-state index contributed by atoms with van der Waals surface area (Å²) in [5.41, 5.74) is 3.82. The van der Waals surface area contributed by atoms with Gasteiger partial charge in [0, 0.05) is 0 Å². The van der Waals surface area contributed by atoms with Crippen LogP contribution in [0, 0.1) is 138 Å². The maximum Gasteiger partial charge on any atom is -0.0167 e. The first-order valence-corrected chi connectivity index (χ1v) is 19.5. The third-order valence-electron chi connectivity index (χ3n) is 24.1. The first-order valence-electron chi connectivity index (χ1n) is 19.5. The molecule has 0 radical (unpaired) electrons. The Bertz CT molecular complexity index is 1280. The predicted octanol–water partition coefficient (Wildman–Crippen LogP) is 11.6. The van der Waals surface area contributed by atoms with Crippen LogP contribution in [0.25, 0.3) is 0 Å². The summed E-state index contributed by atoms with van der Waals surface area (Å²) < 4.78 is 0. The Labute approximate surface area is 268 Å². The van der Waals surface area contributed by atoms with Crippen molar-refractivity contribution in [3.63, 3.8) is 0 Å². The zero-order valence-electron chi connectivity index (χ0n) is 31.9. The van der Waals surface area contributed by atoms with Crippen LogP contribution in [0.4, 0.5) is 0 Å². The SMILES string of the molecule is CC1C(C)C(C)C(C)C(C)C(C)(C)C2(C)C(C(C)C(C)C1C)C1C3C4C5C6C7CC(C)C7(C)C6(C)C5(C)C4(C)C3(C)C12C. The van der Waals surface area contributed by atoms with E-state index in [4.69, 9.17) is 0 Å². The Morgan fingerprint density at radius 2 is 0.698 bits per heavy atom. The first kappa shape index (κ1) is 30.3. The smallest absolute Gasteiger partial charge is 0.0167 e. The molecule has 0 bridgehead atoms. The highest BCUT2D eigenvalue weighted by Crippen LogP contribution is 3.10. The zero-order valence-corrected chi connectivity index (χ0v) is 31.9. The van der Waals surface area contributed by atoms with Crippen LogP contribution in [-0.4, -0.2) is 0 Å². The summed E-state index contributed by atoms with van der Waals surface area (Å²) in [6.07, 6.45) is 1.53. The van der Waals surface area contributed by atoms with Crippen LogP contribution in [0.3, 0.4) is 0 Å². The van der Waals surface area contributed by atoms with Gasteiger partial charge in [0.05, 0.1) is 0 Å². The van der Waals surface area contributed by atoms with Crippen LogP contribution < -0.4 is 0 Å². The van der Waals surface area contributed by atoms with E-state index in [0.717, 1.165) is 94.7 Å². The molecule has 0 spiro atoms. The largest absolute Gasteiger partial charge is 0.0620 e. The van der Waals surface area contributed by atoms with Gasteiger partial charge < -0.3 is 0 Å². The van der Waals surface area contributed by atoms with Gasteiger partial charge in [-0.2, -0.15) is 0 Å². The fraction of sp³-hybridized carbons (Fsp3) is 1.00. The molecule has 0 saturated heterocycles. The lowest BCUT2D eigenvalue weighted by Gasteiger charge is -3.10. The van der Waals surface area contributed by atoms with Crippen molar-refractivity contribution in [3.05, 3.63) is 0 Å². The van der Waals surface area contributed by atoms with E-state index in [1.54, 1.807) is 0 Å². The lowest BCUT2D eigenvalue weighted by molar-refractivity contribution is -0.635. The van der Waals surface area contributed by atoms with Gasteiger partial charge in [-0.15, -0.1) is 0 Å². The summed E-state index contributed by atoms with van der Waals surface area (Å²) in [6.45, 7) is 49.4. The summed E-state index contributed by atoms with van der Waals surface area (Å²) in [5.74, 6) is 14.1. The highest BCUT2D eigenvalue weighted by molar-refractivity contribution is 5.53. The minimum Gasteiger partial charge on any atom is -0.0620 e. The van der Waals surface area contributed by atoms with Crippen LogP contribution in [0.1, 0.15) is 131 Å². The van der Waals surface area contributed by atoms with Gasteiger partial charge in [-0.1, -0.05) is 125 Å². The molecule has 0 aromatic rings. The van der Waals surface area contributed by atoms with E-state index in [1.807, 2.05) is 0 Å². The van der Waals surface area contributed by atoms with E-state index in [9.17, 15) is 0 Å². The van der Waals surface area contributed by atoms with Gasteiger partial charge in [-0.3, -0.25) is 0 Å². The van der Waals surface area contributed by atoms with Gasteiger partial charge in [0.25, 0.3) is 0 Å². The molecule has 244 valence electrons. The Kier molecular flexibility index (Phi) is 5.29. The number of fused-ring (bicyclic) bond motifs is 19. The molecule has 8 aliphatic carbocycles. The van der Waals surface area contributed by atoms with Gasteiger partial charge in [0.2, 0.25) is 0 Å². The van der Waals surface area contributed by atoms with Gasteiger partial charge in [0.1, 0.15) is 0 Å². The second-order valence-electron chi connectivity index (χ2n) is 21.9. The van der Waals surface area contributed by atoms with Crippen molar-refractivity contribution in [2.45, 2.75) is 131 Å². The van der Waals surface area contributed by atoms with Crippen LogP contribution in [0.15, 0.2) is 0 Å². The van der Waals surface area contributed by atoms with Gasteiger partial charge in [-0.05, 0) is 144 Å². The second-order valence-corrected chi connectivity index (χ2v) is 21.9. The maximum atomic E-state index is 2.90. The molecule has 0 aromatic carbocycles. The van der Waals surface area contributed by atoms with Gasteiger partial charge >= 0.3 is 0 Å². The number of hydrogen-bond donors (Lipinski definition) is 0. The molecule has 8 aliphatic rings. The van der Waals surface area contributed by atoms with Gasteiger partial charge in [0.15, 0.2) is 0 Å². The summed E-state index contributed by atoms with van der Waals surface area (Å²) in [4.78, 5) is 0. The third kappa shape index (κ3) is 2.14. The zero-order chi connectivity index (χ0) is 31.9. The van der Waals surface area contributed by atoms with Crippen molar-refractivity contribution in [3.8, 4) is 0 Å². The Morgan fingerprint density at radius 1 is 0.349 bits per heavy atom. The lowest BCUT2D eigenvalue weighted by atomic mass is 8.94. The highest BCUT2D eigenvalue weighted by Gasteiger charge is 3.07. The molecule has 0 N–H and O–H groups in total. The number of rotatable bonds is 0. The molecule has 8 fully saturated rings. The molecule has 0 heterocycles. The Balaban J connectivity index is 1.26. The van der Waals surface area contributed by atoms with E-state index >= 15 is 0 Å². The topological polar surface area (TPSA) is 0 Å². The third-order valence-corrected chi connectivity index (χ3v) is 24.1.